The fourth-order valence-electron chi connectivity index (χ4n) is 0.534. The van der Waals surface area contributed by atoms with Crippen LogP contribution < -0.4 is -0.342 Å². The molecule has 11 heavy (non-hydrogen) atoms. The molecule has 0 saturated heterocycles. The van der Waals surface area contributed by atoms with Crippen LogP contribution in [0.15, 0.2) is 30.3 Å². The van der Waals surface area contributed by atoms with Gasteiger partial charge in [0.05, 0.1) is 0 Å². The molecule has 0 saturated carbocycles. The molecule has 3 N–H and O–H groups in total. The van der Waals surface area contributed by atoms with E-state index in [1.807, 2.05) is 0 Å². The van der Waals surface area contributed by atoms with Gasteiger partial charge in [0.2, 0.25) is 0 Å². The van der Waals surface area contributed by atoms with Gasteiger partial charge < -0.3 is 14.7 Å². The Balaban J connectivity index is 0.000000218. The summed E-state index contributed by atoms with van der Waals surface area (Å²) in [4.78, 5) is 21.7. The van der Waals surface area contributed by atoms with Crippen LogP contribution >= 0.6 is 8.60 Å². The number of hydrogen-bond donors (Lipinski definition) is 3. The summed E-state index contributed by atoms with van der Waals surface area (Å²) in [5.41, 5.74) is 0. The standard InChI is InChI=1S/C6H5.K.H3O3P/c1-2-4-6-5-3-1;;1-4(2)3/h1-5H;;1-3H. The van der Waals surface area contributed by atoms with Crippen molar-refractivity contribution in [3.63, 3.8) is 0 Å². The van der Waals surface area contributed by atoms with Crippen molar-refractivity contribution in [2.24, 2.45) is 0 Å². The van der Waals surface area contributed by atoms with E-state index in [0.717, 1.165) is 49.0 Å². The molecular weight excluding hydrogens is 190 g/mol. The van der Waals surface area contributed by atoms with Crippen molar-refractivity contribution in [1.82, 2.24) is 0 Å². The predicted octanol–water partition coefficient (Wildman–Crippen LogP) is -0.329. The van der Waals surface area contributed by atoms with Crippen LogP contribution in [-0.2, 0) is 0 Å². The predicted molar refractivity (Wildman–Crippen MR) is 45.4 cm³/mol. The second-order valence-electron chi connectivity index (χ2n) is 1.92. The van der Waals surface area contributed by atoms with Gasteiger partial charge in [-0.3, -0.25) is 0 Å². The first-order valence-electron chi connectivity index (χ1n) is 3.01. The molecule has 56 valence electrons. The summed E-state index contributed by atoms with van der Waals surface area (Å²) in [6.07, 6.45) is 0. The van der Waals surface area contributed by atoms with Gasteiger partial charge in [-0.25, -0.2) is 0 Å². The average molecular weight is 198 g/mol. The summed E-state index contributed by atoms with van der Waals surface area (Å²) in [5.74, 6) is 0. The maximum absolute atomic E-state index is 7.23. The average Bonchev–Trinajstić information content (AvgIpc) is 1.87. The molecule has 0 amide bonds. The molecule has 0 bridgehead atoms. The molecule has 5 heteroatoms. The van der Waals surface area contributed by atoms with Crippen LogP contribution in [0.5, 0.6) is 0 Å². The monoisotopic (exact) mass is 198 g/mol. The Morgan fingerprint density at radius 1 is 1.00 bits per heavy atom. The van der Waals surface area contributed by atoms with Crippen molar-refractivity contribution < 1.29 is 14.7 Å². The van der Waals surface area contributed by atoms with Crippen LogP contribution in [0.4, 0.5) is 0 Å². The zero-order chi connectivity index (χ0) is 8.69. The van der Waals surface area contributed by atoms with Gasteiger partial charge in [-0.1, -0.05) is 0 Å². The van der Waals surface area contributed by atoms with Crippen LogP contribution in [-0.4, -0.2) is 63.6 Å². The number of rotatable bonds is 0. The minimum absolute atomic E-state index is 0.855. The molecule has 1 aromatic carbocycles. The van der Waals surface area contributed by atoms with E-state index in [-0.39, 0.29) is 0 Å². The summed E-state index contributed by atoms with van der Waals surface area (Å²) in [6.45, 7) is 0. The SMILES string of the molecule is OP(O)O.[K][c]1ccccc1. The zero-order valence-electron chi connectivity index (χ0n) is 6.18. The van der Waals surface area contributed by atoms with E-state index in [9.17, 15) is 0 Å². The minimum atomic E-state index is -2.62. The van der Waals surface area contributed by atoms with E-state index in [1.54, 1.807) is 0 Å². The molecule has 0 atom stereocenters. The van der Waals surface area contributed by atoms with Crippen LogP contribution in [0.1, 0.15) is 0 Å². The first kappa shape index (κ1) is 12.2. The first-order chi connectivity index (χ1) is 5.13. The summed E-state index contributed by atoms with van der Waals surface area (Å²) < 4.78 is 1.51. The molecule has 3 nitrogen and oxygen atoms in total. The topological polar surface area (TPSA) is 60.7 Å². The molecule has 0 unspecified atom stereocenters. The van der Waals surface area contributed by atoms with Crippen LogP contribution in [0.3, 0.4) is 0 Å². The van der Waals surface area contributed by atoms with Gasteiger partial charge in [0.25, 0.3) is 0 Å². The van der Waals surface area contributed by atoms with Gasteiger partial charge in [0, 0.05) is 0 Å². The second kappa shape index (κ2) is 7.80. The van der Waals surface area contributed by atoms with Gasteiger partial charge in [-0.2, -0.15) is 0 Å². The van der Waals surface area contributed by atoms with E-state index in [2.05, 4.69) is 30.3 Å². The Morgan fingerprint density at radius 2 is 1.36 bits per heavy atom. The van der Waals surface area contributed by atoms with Crippen LogP contribution in [0, 0.1) is 0 Å². The molecule has 0 aliphatic heterocycles. The van der Waals surface area contributed by atoms with Crippen LogP contribution in [0.2, 0.25) is 0 Å². The van der Waals surface area contributed by atoms with Crippen molar-refractivity contribution in [1.29, 1.82) is 0 Å². The molecule has 0 aliphatic rings. The molecule has 0 radical (unpaired) electrons. The number of hydrogen-bond acceptors (Lipinski definition) is 3. The summed E-state index contributed by atoms with van der Waals surface area (Å²) in [7, 11) is -2.62. The Bertz CT molecular complexity index is 178. The van der Waals surface area contributed by atoms with Crippen molar-refractivity contribution in [3.8, 4) is 0 Å². The third kappa shape index (κ3) is 11.2. The Hall–Kier alpha value is 1.17. The van der Waals surface area contributed by atoms with E-state index < -0.39 is 8.60 Å². The maximum atomic E-state index is 7.23. The third-order valence-corrected chi connectivity index (χ3v) is 1.98. The molecule has 0 aromatic heterocycles. The Kier molecular flexibility index (Phi) is 8.62. The quantitative estimate of drug-likeness (QED) is 0.395. The molecule has 0 aliphatic carbocycles. The normalized spacial score (nSPS) is 8.91. The Morgan fingerprint density at radius 3 is 1.55 bits per heavy atom. The van der Waals surface area contributed by atoms with Gasteiger partial charge in [0.1, 0.15) is 0 Å². The summed E-state index contributed by atoms with van der Waals surface area (Å²) in [6, 6.07) is 10.6. The van der Waals surface area contributed by atoms with Gasteiger partial charge in [0.15, 0.2) is 0 Å². The van der Waals surface area contributed by atoms with Crippen molar-refractivity contribution in [3.05, 3.63) is 30.3 Å². The van der Waals surface area contributed by atoms with E-state index >= 15 is 0 Å². The van der Waals surface area contributed by atoms with Gasteiger partial charge in [-0.15, -0.1) is 0 Å². The summed E-state index contributed by atoms with van der Waals surface area (Å²) in [5, 5.41) is 0. The van der Waals surface area contributed by atoms with Crippen molar-refractivity contribution in [2.45, 2.75) is 0 Å². The molecule has 1 aromatic rings. The molecule has 0 heterocycles. The van der Waals surface area contributed by atoms with Crippen molar-refractivity contribution >= 4 is 57.2 Å². The fourth-order valence-corrected chi connectivity index (χ4v) is 1.14. The molecule has 0 fully saturated rings. The third-order valence-electron chi connectivity index (χ3n) is 0.940. The first-order valence-corrected chi connectivity index (χ1v) is 5.77. The zero-order valence-corrected chi connectivity index (χ0v) is 10.2. The Labute approximate surface area is 101 Å². The second-order valence-corrected chi connectivity index (χ2v) is 4.26. The van der Waals surface area contributed by atoms with Gasteiger partial charge >= 0.3 is 87.5 Å². The number of benzene rings is 1. The summed E-state index contributed by atoms with van der Waals surface area (Å²) >= 11 is 0.855. The molecular formula is C6H8KO3P. The fraction of sp³-hybridized carbons (Fsp3) is 0. The van der Waals surface area contributed by atoms with E-state index in [0.29, 0.717) is 0 Å². The van der Waals surface area contributed by atoms with Crippen molar-refractivity contribution in [2.75, 3.05) is 0 Å². The van der Waals surface area contributed by atoms with Crippen LogP contribution in [0.25, 0.3) is 0 Å². The molecule has 1 rings (SSSR count). The van der Waals surface area contributed by atoms with Gasteiger partial charge in [-0.05, 0) is 0 Å². The van der Waals surface area contributed by atoms with E-state index in [1.165, 1.54) is -0.342 Å². The molecule has 0 spiro atoms. The van der Waals surface area contributed by atoms with E-state index in [4.69, 9.17) is 14.7 Å².